The molecule has 0 fully saturated rings. The van der Waals surface area contributed by atoms with Gasteiger partial charge in [0.1, 0.15) is 10.7 Å². The first-order chi connectivity index (χ1) is 14.2. The van der Waals surface area contributed by atoms with E-state index in [1.807, 2.05) is 0 Å². The van der Waals surface area contributed by atoms with E-state index in [0.29, 0.717) is 27.4 Å². The van der Waals surface area contributed by atoms with E-state index in [1.165, 1.54) is 18.3 Å². The minimum atomic E-state index is -0.724. The van der Waals surface area contributed by atoms with Crippen LogP contribution in [0.2, 0.25) is 0 Å². The van der Waals surface area contributed by atoms with Crippen molar-refractivity contribution >= 4 is 40.0 Å². The number of rotatable bonds is 7. The van der Waals surface area contributed by atoms with Crippen LogP contribution in [0.3, 0.4) is 0 Å². The van der Waals surface area contributed by atoms with Gasteiger partial charge in [-0.2, -0.15) is 0 Å². The average molecular weight is 432 g/mol. The fraction of sp³-hybridized carbons (Fsp3) is 0.429. The summed E-state index contributed by atoms with van der Waals surface area (Å²) in [5.74, 6) is -1.90. The van der Waals surface area contributed by atoms with Crippen molar-refractivity contribution in [2.24, 2.45) is 0 Å². The highest BCUT2D eigenvalue weighted by Crippen LogP contribution is 2.39. The van der Waals surface area contributed by atoms with E-state index >= 15 is 0 Å². The molecule has 0 unspecified atom stereocenters. The van der Waals surface area contributed by atoms with Gasteiger partial charge >= 0.3 is 11.9 Å². The largest absolute Gasteiger partial charge is 0.462 e. The minimum Gasteiger partial charge on any atom is -0.462 e. The van der Waals surface area contributed by atoms with E-state index in [4.69, 9.17) is 9.47 Å². The number of amides is 1. The molecule has 3 rings (SSSR count). The second-order valence-electron chi connectivity index (χ2n) is 7.09. The zero-order valence-electron chi connectivity index (χ0n) is 17.4. The summed E-state index contributed by atoms with van der Waals surface area (Å²) in [5.41, 5.74) is 2.98. The standard InChI is InChI=1S/C21H24N2O6S/c1-5-28-20(26)17-13-7-6-8-14(13)30-19(17)23-15(25)9-29-21(27)18-10(2)16(12(4)24)11(3)22-18/h22H,5-9H2,1-4H3,(H,23,25). The number of nitrogens with one attached hydrogen (secondary N) is 2. The first-order valence-electron chi connectivity index (χ1n) is 9.73. The number of carbonyl (C=O) groups is 4. The molecule has 2 heterocycles. The van der Waals surface area contributed by atoms with Crippen LogP contribution < -0.4 is 5.32 Å². The lowest BCUT2D eigenvalue weighted by molar-refractivity contribution is -0.119. The number of hydrogen-bond acceptors (Lipinski definition) is 7. The monoisotopic (exact) mass is 432 g/mol. The predicted molar refractivity (Wildman–Crippen MR) is 111 cm³/mol. The van der Waals surface area contributed by atoms with Crippen LogP contribution in [0.1, 0.15) is 73.2 Å². The Morgan fingerprint density at radius 2 is 1.80 bits per heavy atom. The molecule has 1 aliphatic carbocycles. The third-order valence-corrected chi connectivity index (χ3v) is 6.19. The summed E-state index contributed by atoms with van der Waals surface area (Å²) in [6.07, 6.45) is 2.60. The molecule has 8 nitrogen and oxygen atoms in total. The van der Waals surface area contributed by atoms with Gasteiger partial charge in [0.15, 0.2) is 12.4 Å². The molecule has 2 aromatic rings. The molecule has 0 aliphatic heterocycles. The zero-order chi connectivity index (χ0) is 22.0. The van der Waals surface area contributed by atoms with Gasteiger partial charge in [0.2, 0.25) is 0 Å². The molecule has 0 saturated carbocycles. The second-order valence-corrected chi connectivity index (χ2v) is 8.19. The molecule has 0 saturated heterocycles. The highest BCUT2D eigenvalue weighted by molar-refractivity contribution is 7.17. The Hall–Kier alpha value is -2.94. The Balaban J connectivity index is 1.69. The molecule has 1 aliphatic rings. The molecule has 0 atom stereocenters. The minimum absolute atomic E-state index is 0.146. The lowest BCUT2D eigenvalue weighted by Gasteiger charge is -2.08. The number of anilines is 1. The number of ether oxygens (including phenoxy) is 2. The predicted octanol–water partition coefficient (Wildman–Crippen LogP) is 3.36. The maximum Gasteiger partial charge on any atom is 0.355 e. The topological polar surface area (TPSA) is 115 Å². The van der Waals surface area contributed by atoms with Crippen molar-refractivity contribution in [3.63, 3.8) is 0 Å². The third kappa shape index (κ3) is 4.16. The van der Waals surface area contributed by atoms with Crippen LogP contribution >= 0.6 is 11.3 Å². The summed E-state index contributed by atoms with van der Waals surface area (Å²) in [7, 11) is 0. The maximum atomic E-state index is 12.4. The van der Waals surface area contributed by atoms with Crippen molar-refractivity contribution in [2.75, 3.05) is 18.5 Å². The molecular weight excluding hydrogens is 408 g/mol. The number of hydrogen-bond donors (Lipinski definition) is 2. The van der Waals surface area contributed by atoms with Crippen molar-refractivity contribution in [3.8, 4) is 0 Å². The van der Waals surface area contributed by atoms with Crippen molar-refractivity contribution in [1.29, 1.82) is 0 Å². The SMILES string of the molecule is CCOC(=O)c1c(NC(=O)COC(=O)c2[nH]c(C)c(C(C)=O)c2C)sc2c1CCC2. The highest BCUT2D eigenvalue weighted by Gasteiger charge is 2.28. The van der Waals surface area contributed by atoms with Crippen molar-refractivity contribution in [3.05, 3.63) is 38.5 Å². The first-order valence-corrected chi connectivity index (χ1v) is 10.5. The Labute approximate surface area is 177 Å². The van der Waals surface area contributed by atoms with E-state index in [2.05, 4.69) is 10.3 Å². The van der Waals surface area contributed by atoms with Gasteiger partial charge in [-0.15, -0.1) is 11.3 Å². The number of esters is 2. The Bertz CT molecular complexity index is 1030. The lowest BCUT2D eigenvalue weighted by atomic mass is 10.1. The second kappa shape index (κ2) is 8.83. The van der Waals surface area contributed by atoms with Gasteiger partial charge in [0.05, 0.1) is 12.2 Å². The fourth-order valence-electron chi connectivity index (χ4n) is 3.76. The molecule has 30 heavy (non-hydrogen) atoms. The molecule has 1 amide bonds. The molecule has 2 N–H and O–H groups in total. The van der Waals surface area contributed by atoms with Gasteiger partial charge in [-0.05, 0) is 58.1 Å². The quantitative estimate of drug-likeness (QED) is 0.512. The van der Waals surface area contributed by atoms with Gasteiger partial charge in [-0.1, -0.05) is 0 Å². The van der Waals surface area contributed by atoms with Crippen LogP contribution in [-0.4, -0.2) is 41.8 Å². The normalized spacial score (nSPS) is 12.4. The van der Waals surface area contributed by atoms with Crippen LogP contribution in [0.25, 0.3) is 0 Å². The van der Waals surface area contributed by atoms with Gasteiger partial charge in [-0.3, -0.25) is 9.59 Å². The molecule has 0 radical (unpaired) electrons. The van der Waals surface area contributed by atoms with Crippen molar-refractivity contribution in [1.82, 2.24) is 4.98 Å². The van der Waals surface area contributed by atoms with Crippen LogP contribution in [0, 0.1) is 13.8 Å². The zero-order valence-corrected chi connectivity index (χ0v) is 18.2. The van der Waals surface area contributed by atoms with Crippen LogP contribution in [0.5, 0.6) is 0 Å². The Morgan fingerprint density at radius 1 is 1.07 bits per heavy atom. The first kappa shape index (κ1) is 21.8. The van der Waals surface area contributed by atoms with Crippen molar-refractivity contribution in [2.45, 2.75) is 47.0 Å². The van der Waals surface area contributed by atoms with Gasteiger partial charge < -0.3 is 19.8 Å². The van der Waals surface area contributed by atoms with Crippen molar-refractivity contribution < 1.29 is 28.7 Å². The number of H-pyrrole nitrogens is 1. The van der Waals surface area contributed by atoms with E-state index < -0.39 is 24.5 Å². The number of Topliss-reactive ketones (excluding diaryl/α,β-unsaturated/α-hetero) is 1. The lowest BCUT2D eigenvalue weighted by Crippen LogP contribution is -2.22. The van der Waals surface area contributed by atoms with Crippen LogP contribution in [0.4, 0.5) is 5.00 Å². The number of thiophene rings is 1. The summed E-state index contributed by atoms with van der Waals surface area (Å²) in [6, 6.07) is 0. The van der Waals surface area contributed by atoms with E-state index in [9.17, 15) is 19.2 Å². The van der Waals surface area contributed by atoms with E-state index in [-0.39, 0.29) is 18.1 Å². The summed E-state index contributed by atoms with van der Waals surface area (Å²) in [6.45, 7) is 6.22. The molecule has 0 aromatic carbocycles. The molecule has 9 heteroatoms. The van der Waals surface area contributed by atoms with Crippen LogP contribution in [-0.2, 0) is 27.1 Å². The Morgan fingerprint density at radius 3 is 2.43 bits per heavy atom. The van der Waals surface area contributed by atoms with Crippen LogP contribution in [0.15, 0.2) is 0 Å². The van der Waals surface area contributed by atoms with Gasteiger partial charge in [0, 0.05) is 16.1 Å². The number of aryl methyl sites for hydroxylation is 2. The maximum absolute atomic E-state index is 12.4. The third-order valence-electron chi connectivity index (χ3n) is 4.98. The summed E-state index contributed by atoms with van der Waals surface area (Å²) in [4.78, 5) is 52.7. The number of aromatic nitrogens is 1. The number of aromatic amines is 1. The summed E-state index contributed by atoms with van der Waals surface area (Å²) in [5, 5.41) is 3.09. The smallest absolute Gasteiger partial charge is 0.355 e. The fourth-order valence-corrected chi connectivity index (χ4v) is 5.05. The Kier molecular flexibility index (Phi) is 6.40. The van der Waals surface area contributed by atoms with E-state index in [1.54, 1.807) is 20.8 Å². The summed E-state index contributed by atoms with van der Waals surface area (Å²) >= 11 is 1.36. The molecule has 2 aromatic heterocycles. The molecule has 0 spiro atoms. The van der Waals surface area contributed by atoms with Gasteiger partial charge in [0.25, 0.3) is 5.91 Å². The number of ketones is 1. The molecule has 160 valence electrons. The summed E-state index contributed by atoms with van der Waals surface area (Å²) < 4.78 is 10.2. The molecular formula is C21H24N2O6S. The van der Waals surface area contributed by atoms with Gasteiger partial charge in [-0.25, -0.2) is 9.59 Å². The van der Waals surface area contributed by atoms with E-state index in [0.717, 1.165) is 29.7 Å². The average Bonchev–Trinajstić information content (AvgIpc) is 3.32. The highest BCUT2D eigenvalue weighted by atomic mass is 32.1. The number of fused-ring (bicyclic) bond motifs is 1. The number of carbonyl (C=O) groups excluding carboxylic acids is 4. The molecule has 0 bridgehead atoms.